The molecule has 1 aliphatic heterocycles. The molecule has 0 bridgehead atoms. The van der Waals surface area contributed by atoms with Gasteiger partial charge in [0.25, 0.3) is 0 Å². The van der Waals surface area contributed by atoms with Crippen molar-refractivity contribution in [3.05, 3.63) is 64.6 Å². The number of alkyl halides is 1. The summed E-state index contributed by atoms with van der Waals surface area (Å²) >= 11 is 5.84. The minimum Gasteiger partial charge on any atom is -0.481 e. The van der Waals surface area contributed by atoms with E-state index < -0.39 is 43.7 Å². The molecule has 2 aromatic carbocycles. The number of halogens is 3. The molecule has 1 N–H and O–H groups in total. The maximum atomic E-state index is 14.6. The van der Waals surface area contributed by atoms with Crippen LogP contribution in [-0.4, -0.2) is 76.8 Å². The average molecular weight is 711 g/mol. The van der Waals surface area contributed by atoms with Crippen molar-refractivity contribution in [1.29, 1.82) is 0 Å². The van der Waals surface area contributed by atoms with E-state index in [1.165, 1.54) is 46.9 Å². The van der Waals surface area contributed by atoms with E-state index in [1.807, 2.05) is 0 Å². The van der Waals surface area contributed by atoms with Crippen molar-refractivity contribution in [3.63, 3.8) is 0 Å². The Labute approximate surface area is 283 Å². The van der Waals surface area contributed by atoms with Crippen molar-refractivity contribution in [3.8, 4) is 5.75 Å². The Kier molecular flexibility index (Phi) is 13.7. The molecular weight excluding hydrogens is 669 g/mol. The van der Waals surface area contributed by atoms with Gasteiger partial charge in [-0.2, -0.15) is 0 Å². The fourth-order valence-electron chi connectivity index (χ4n) is 5.66. The molecule has 14 heteroatoms. The van der Waals surface area contributed by atoms with E-state index in [0.717, 1.165) is 19.3 Å². The van der Waals surface area contributed by atoms with Crippen molar-refractivity contribution < 1.29 is 46.6 Å². The molecule has 0 saturated carbocycles. The van der Waals surface area contributed by atoms with E-state index >= 15 is 0 Å². The third-order valence-electron chi connectivity index (χ3n) is 8.17. The number of nitrogens with zero attached hydrogens (tertiary/aromatic N) is 2. The smallest absolute Gasteiger partial charge is 0.365 e. The highest BCUT2D eigenvalue weighted by Gasteiger charge is 2.39. The summed E-state index contributed by atoms with van der Waals surface area (Å²) in [6.45, 7) is 3.97. The summed E-state index contributed by atoms with van der Waals surface area (Å²) in [4.78, 5) is 50.5. The molecule has 1 unspecified atom stereocenters. The summed E-state index contributed by atoms with van der Waals surface area (Å²) in [5.74, 6) is -1.60. The van der Waals surface area contributed by atoms with Crippen molar-refractivity contribution in [1.82, 2.24) is 9.47 Å². The molecule has 1 saturated heterocycles. The lowest BCUT2D eigenvalue weighted by Gasteiger charge is -2.24. The Morgan fingerprint density at radius 3 is 2.62 bits per heavy atom. The number of hydrogen-bond donors (Lipinski definition) is 1. The maximum Gasteiger partial charge on any atom is 0.365 e. The van der Waals surface area contributed by atoms with Crippen LogP contribution in [0.15, 0.2) is 42.6 Å². The first-order valence-corrected chi connectivity index (χ1v) is 18.2. The van der Waals surface area contributed by atoms with Gasteiger partial charge in [-0.25, -0.2) is 8.78 Å². The second-order valence-corrected chi connectivity index (χ2v) is 14.1. The molecule has 1 fully saturated rings. The molecule has 1 amide bonds. The number of hydrogen-bond acceptors (Lipinski definition) is 7. The molecule has 3 atom stereocenters. The van der Waals surface area contributed by atoms with Crippen LogP contribution in [0.25, 0.3) is 10.9 Å². The normalized spacial score (nSPS) is 17.5. The minimum absolute atomic E-state index is 0.0219. The standard InChI is InChI=1S/C34H42ClF2N2O8P/c1-3-4-5-14-45-15-7-16-47-48(43,44)22-46-26-11-12-27-28(23(2)40)20-38(30(27)18-26)21-33(42)39-19-25(36)17-31(39)32(41)13-10-24-8-6-9-29(35)34(24)37/h6,8-9,11-12,18,20,25,31H,3-5,7,10,13-17,19,21-22H2,1-2H3,(H,43,44)/t25-,31+/m1/s1. The highest BCUT2D eigenvalue weighted by atomic mass is 35.5. The number of aryl methyl sites for hydroxylation is 1. The molecule has 0 aliphatic carbocycles. The second-order valence-electron chi connectivity index (χ2n) is 11.9. The zero-order valence-corrected chi connectivity index (χ0v) is 28.8. The molecule has 3 aromatic rings. The first kappa shape index (κ1) is 37.7. The Morgan fingerprint density at radius 1 is 1.10 bits per heavy atom. The lowest BCUT2D eigenvalue weighted by Crippen LogP contribution is -2.42. The minimum atomic E-state index is -4.09. The Balaban J connectivity index is 1.40. The fraction of sp³-hybridized carbons (Fsp3) is 0.500. The zero-order valence-electron chi connectivity index (χ0n) is 27.2. The number of carbonyl (C=O) groups excluding carboxylic acids is 3. The lowest BCUT2D eigenvalue weighted by atomic mass is 10.0. The van der Waals surface area contributed by atoms with Crippen LogP contribution in [0.1, 0.15) is 68.3 Å². The first-order chi connectivity index (χ1) is 22.9. The predicted octanol–water partition coefficient (Wildman–Crippen LogP) is 6.91. The average Bonchev–Trinajstić information content (AvgIpc) is 3.62. The van der Waals surface area contributed by atoms with E-state index in [2.05, 4.69) is 6.92 Å². The molecule has 48 heavy (non-hydrogen) atoms. The number of unbranched alkanes of at least 4 members (excludes halogenated alkanes) is 2. The van der Waals surface area contributed by atoms with Crippen molar-refractivity contribution in [2.75, 3.05) is 32.7 Å². The van der Waals surface area contributed by atoms with Crippen LogP contribution in [0.4, 0.5) is 8.78 Å². The van der Waals surface area contributed by atoms with Gasteiger partial charge in [0.05, 0.1) is 29.7 Å². The fourth-order valence-corrected chi connectivity index (χ4v) is 6.65. The first-order valence-electron chi connectivity index (χ1n) is 16.1. The molecule has 10 nitrogen and oxygen atoms in total. The number of aromatic nitrogens is 1. The van der Waals surface area contributed by atoms with Gasteiger partial charge in [-0.05, 0) is 49.9 Å². The Bertz CT molecular complexity index is 1650. The summed E-state index contributed by atoms with van der Waals surface area (Å²) in [7, 11) is -4.09. The van der Waals surface area contributed by atoms with Gasteiger partial charge in [0, 0.05) is 49.3 Å². The quantitative estimate of drug-likeness (QED) is 0.0809. The second kappa shape index (κ2) is 17.5. The van der Waals surface area contributed by atoms with Crippen LogP contribution in [0.5, 0.6) is 5.75 Å². The zero-order chi connectivity index (χ0) is 34.8. The van der Waals surface area contributed by atoms with E-state index in [0.29, 0.717) is 36.1 Å². The molecule has 1 aliphatic rings. The van der Waals surface area contributed by atoms with Gasteiger partial charge in [0.2, 0.25) is 5.91 Å². The van der Waals surface area contributed by atoms with Gasteiger partial charge in [0.1, 0.15) is 24.3 Å². The topological polar surface area (TPSA) is 124 Å². The van der Waals surface area contributed by atoms with Crippen LogP contribution < -0.4 is 4.74 Å². The largest absolute Gasteiger partial charge is 0.481 e. The number of fused-ring (bicyclic) bond motifs is 1. The Morgan fingerprint density at radius 2 is 1.88 bits per heavy atom. The molecule has 1 aromatic heterocycles. The molecule has 0 spiro atoms. The number of amides is 1. The summed E-state index contributed by atoms with van der Waals surface area (Å²) in [5.41, 5.74) is 1.01. The molecule has 262 valence electrons. The number of ether oxygens (including phenoxy) is 2. The Hall–Kier alpha value is -3.15. The summed E-state index contributed by atoms with van der Waals surface area (Å²) in [6, 6.07) is 8.15. The molecule has 4 rings (SSSR count). The number of Topliss-reactive ketones (excluding diaryl/α,β-unsaturated/α-hetero) is 2. The summed E-state index contributed by atoms with van der Waals surface area (Å²) in [5, 5.41) is 0.456. The molecule has 0 radical (unpaired) electrons. The van der Waals surface area contributed by atoms with E-state index in [9.17, 15) is 32.6 Å². The van der Waals surface area contributed by atoms with Crippen molar-refractivity contribution >= 4 is 47.6 Å². The van der Waals surface area contributed by atoms with Gasteiger partial charge in [-0.15, -0.1) is 0 Å². The highest BCUT2D eigenvalue weighted by Crippen LogP contribution is 2.42. The van der Waals surface area contributed by atoms with Gasteiger partial charge >= 0.3 is 7.60 Å². The predicted molar refractivity (Wildman–Crippen MR) is 178 cm³/mol. The number of carbonyl (C=O) groups is 3. The summed E-state index contributed by atoms with van der Waals surface area (Å²) < 4.78 is 59.2. The monoisotopic (exact) mass is 710 g/mol. The third-order valence-corrected chi connectivity index (χ3v) is 9.50. The van der Waals surface area contributed by atoms with Crippen molar-refractivity contribution in [2.24, 2.45) is 0 Å². The SMILES string of the molecule is CCCCCOCCCOP(=O)(O)COc1ccc2c(C(C)=O)cn(CC(=O)N3C[C@H](F)C[C@H]3C(=O)CCc3cccc(Cl)c3F)c2c1. The number of rotatable bonds is 19. The van der Waals surface area contributed by atoms with Crippen molar-refractivity contribution in [2.45, 2.75) is 77.6 Å². The van der Waals surface area contributed by atoms with Gasteiger partial charge in [0.15, 0.2) is 17.9 Å². The van der Waals surface area contributed by atoms with Crippen LogP contribution in [-0.2, 0) is 36.4 Å². The molecular formula is C34H42ClF2N2O8P. The third kappa shape index (κ3) is 10.2. The van der Waals surface area contributed by atoms with Gasteiger partial charge < -0.3 is 28.4 Å². The molecule has 2 heterocycles. The van der Waals surface area contributed by atoms with Crippen LogP contribution in [0, 0.1) is 5.82 Å². The van der Waals surface area contributed by atoms with Crippen LogP contribution in [0.3, 0.4) is 0 Å². The number of likely N-dealkylation sites (tertiary alicyclic amines) is 1. The highest BCUT2D eigenvalue weighted by molar-refractivity contribution is 7.52. The van der Waals surface area contributed by atoms with E-state index in [1.54, 1.807) is 12.1 Å². The number of ketones is 2. The van der Waals surface area contributed by atoms with Crippen LogP contribution in [0.2, 0.25) is 5.02 Å². The number of benzene rings is 2. The van der Waals surface area contributed by atoms with E-state index in [4.69, 9.17) is 25.6 Å². The maximum absolute atomic E-state index is 14.6. The van der Waals surface area contributed by atoms with Crippen LogP contribution >= 0.6 is 19.2 Å². The lowest BCUT2D eigenvalue weighted by molar-refractivity contribution is -0.138. The van der Waals surface area contributed by atoms with Gasteiger partial charge in [-0.3, -0.25) is 18.9 Å². The van der Waals surface area contributed by atoms with E-state index in [-0.39, 0.29) is 61.1 Å². The van der Waals surface area contributed by atoms with Gasteiger partial charge in [-0.1, -0.05) is 43.5 Å². The summed E-state index contributed by atoms with van der Waals surface area (Å²) in [6.07, 6.45) is 2.84.